The second-order valence-corrected chi connectivity index (χ2v) is 7.13. The van der Waals surface area contributed by atoms with Crippen molar-refractivity contribution in [1.82, 2.24) is 5.32 Å². The molecular formula is C22H17ClF3N3O3. The van der Waals surface area contributed by atoms with Crippen LogP contribution in [0.25, 0.3) is 0 Å². The van der Waals surface area contributed by atoms with Gasteiger partial charge in [-0.25, -0.2) is 0 Å². The first-order chi connectivity index (χ1) is 15.1. The average Bonchev–Trinajstić information content (AvgIpc) is 3.20. The molecule has 0 unspecified atom stereocenters. The Bertz CT molecular complexity index is 1160. The molecule has 2 aromatic carbocycles. The zero-order valence-corrected chi connectivity index (χ0v) is 17.4. The van der Waals surface area contributed by atoms with E-state index in [1.807, 2.05) is 6.92 Å². The first kappa shape index (κ1) is 23.1. The molecule has 0 saturated carbocycles. The number of carbonyl (C=O) groups excluding carboxylic acids is 2. The van der Waals surface area contributed by atoms with Gasteiger partial charge in [-0.1, -0.05) is 29.3 Å². The summed E-state index contributed by atoms with van der Waals surface area (Å²) in [5, 5.41) is 4.48. The Morgan fingerprint density at radius 2 is 1.78 bits per heavy atom. The molecule has 0 fully saturated rings. The fourth-order valence-corrected chi connectivity index (χ4v) is 2.80. The number of nitrogens with zero attached hydrogens (tertiary/aromatic N) is 1. The van der Waals surface area contributed by atoms with Crippen LogP contribution in [-0.4, -0.2) is 18.0 Å². The largest absolute Gasteiger partial charge is 0.458 e. The highest BCUT2D eigenvalue weighted by Crippen LogP contribution is 2.36. The molecule has 0 saturated heterocycles. The Labute approximate surface area is 186 Å². The van der Waals surface area contributed by atoms with Gasteiger partial charge >= 0.3 is 18.0 Å². The molecule has 1 aromatic heterocycles. The highest BCUT2D eigenvalue weighted by Gasteiger charge is 2.33. The summed E-state index contributed by atoms with van der Waals surface area (Å²) < 4.78 is 44.2. The SMILES string of the molecule is Cc1ccc(NC(=O)C(=O)NCc2ccc(C=Nc3ccc(Cl)c(C(F)(F)F)c3)o2)cc1. The zero-order valence-electron chi connectivity index (χ0n) is 16.7. The summed E-state index contributed by atoms with van der Waals surface area (Å²) in [6.45, 7) is 1.84. The van der Waals surface area contributed by atoms with Gasteiger partial charge in [0.05, 0.1) is 29.0 Å². The number of amides is 2. The summed E-state index contributed by atoms with van der Waals surface area (Å²) in [6.07, 6.45) is -3.36. The molecule has 32 heavy (non-hydrogen) atoms. The second kappa shape index (κ2) is 9.69. The van der Waals surface area contributed by atoms with E-state index in [2.05, 4.69) is 15.6 Å². The lowest BCUT2D eigenvalue weighted by Crippen LogP contribution is -2.34. The first-order valence-electron chi connectivity index (χ1n) is 9.27. The molecule has 0 aliphatic heterocycles. The van der Waals surface area contributed by atoms with E-state index >= 15 is 0 Å². The molecule has 0 bridgehead atoms. The fourth-order valence-electron chi connectivity index (χ4n) is 2.58. The molecule has 0 atom stereocenters. The predicted octanol–water partition coefficient (Wildman–Crippen LogP) is 5.27. The minimum Gasteiger partial charge on any atom is -0.458 e. The van der Waals surface area contributed by atoms with Gasteiger partial charge in [0.2, 0.25) is 0 Å². The molecular weight excluding hydrogens is 447 g/mol. The molecule has 0 radical (unpaired) electrons. The molecule has 2 amide bonds. The highest BCUT2D eigenvalue weighted by molar-refractivity contribution is 6.39. The van der Waals surface area contributed by atoms with E-state index < -0.39 is 28.6 Å². The summed E-state index contributed by atoms with van der Waals surface area (Å²) in [5.74, 6) is -1.10. The van der Waals surface area contributed by atoms with Gasteiger partial charge in [-0.15, -0.1) is 0 Å². The van der Waals surface area contributed by atoms with E-state index in [9.17, 15) is 22.8 Å². The minimum absolute atomic E-state index is 0.0424. The summed E-state index contributed by atoms with van der Waals surface area (Å²) in [5.41, 5.74) is 0.561. The van der Waals surface area contributed by atoms with Crippen LogP contribution in [0.2, 0.25) is 5.02 Å². The second-order valence-electron chi connectivity index (χ2n) is 6.73. The minimum atomic E-state index is -4.59. The molecule has 10 heteroatoms. The Morgan fingerprint density at radius 1 is 1.06 bits per heavy atom. The number of hydrogen-bond donors (Lipinski definition) is 2. The Balaban J connectivity index is 1.56. The van der Waals surface area contributed by atoms with Crippen molar-refractivity contribution in [1.29, 1.82) is 0 Å². The number of nitrogens with one attached hydrogen (secondary N) is 2. The average molecular weight is 464 g/mol. The quantitative estimate of drug-likeness (QED) is 0.399. The normalized spacial score (nSPS) is 11.5. The van der Waals surface area contributed by atoms with Gasteiger partial charge in [0, 0.05) is 5.69 Å². The van der Waals surface area contributed by atoms with Crippen molar-refractivity contribution < 1.29 is 27.2 Å². The van der Waals surface area contributed by atoms with Crippen molar-refractivity contribution in [2.45, 2.75) is 19.6 Å². The molecule has 0 aliphatic rings. The van der Waals surface area contributed by atoms with Crippen molar-refractivity contribution in [3.8, 4) is 0 Å². The van der Waals surface area contributed by atoms with Crippen LogP contribution >= 0.6 is 11.6 Å². The lowest BCUT2D eigenvalue weighted by Gasteiger charge is -2.08. The molecule has 6 nitrogen and oxygen atoms in total. The van der Waals surface area contributed by atoms with Crippen LogP contribution in [0.3, 0.4) is 0 Å². The van der Waals surface area contributed by atoms with Crippen LogP contribution in [0.5, 0.6) is 0 Å². The zero-order chi connectivity index (χ0) is 23.3. The van der Waals surface area contributed by atoms with E-state index in [0.717, 1.165) is 17.7 Å². The number of benzene rings is 2. The smallest absolute Gasteiger partial charge is 0.417 e. The van der Waals surface area contributed by atoms with Gasteiger partial charge < -0.3 is 15.1 Å². The van der Waals surface area contributed by atoms with Crippen molar-refractivity contribution in [2.75, 3.05) is 5.32 Å². The van der Waals surface area contributed by atoms with Crippen LogP contribution in [0.1, 0.15) is 22.6 Å². The molecule has 3 rings (SSSR count). The van der Waals surface area contributed by atoms with Gasteiger partial charge in [0.25, 0.3) is 0 Å². The summed E-state index contributed by atoms with van der Waals surface area (Å²) in [4.78, 5) is 27.8. The molecule has 1 heterocycles. The first-order valence-corrected chi connectivity index (χ1v) is 9.65. The van der Waals surface area contributed by atoms with E-state index in [1.54, 1.807) is 30.3 Å². The van der Waals surface area contributed by atoms with Crippen molar-refractivity contribution in [2.24, 2.45) is 4.99 Å². The number of furan rings is 1. The van der Waals surface area contributed by atoms with Gasteiger partial charge in [-0.05, 0) is 49.4 Å². The molecule has 2 N–H and O–H groups in total. The van der Waals surface area contributed by atoms with Crippen LogP contribution in [-0.2, 0) is 22.3 Å². The number of halogens is 4. The number of hydrogen-bond acceptors (Lipinski definition) is 4. The number of rotatable bonds is 5. The maximum atomic E-state index is 12.9. The molecule has 0 spiro atoms. The number of carbonyl (C=O) groups is 2. The fraction of sp³-hybridized carbons (Fsp3) is 0.136. The maximum absolute atomic E-state index is 12.9. The molecule has 166 valence electrons. The van der Waals surface area contributed by atoms with E-state index in [-0.39, 0.29) is 18.0 Å². The maximum Gasteiger partial charge on any atom is 0.417 e. The Morgan fingerprint density at radius 3 is 2.47 bits per heavy atom. The summed E-state index contributed by atoms with van der Waals surface area (Å²) in [6, 6.07) is 13.3. The molecule has 3 aromatic rings. The van der Waals surface area contributed by atoms with Crippen LogP contribution in [0.15, 0.2) is 64.0 Å². The lowest BCUT2D eigenvalue weighted by atomic mass is 10.2. The van der Waals surface area contributed by atoms with Crippen LogP contribution in [0, 0.1) is 6.92 Å². The van der Waals surface area contributed by atoms with E-state index in [4.69, 9.17) is 16.0 Å². The Hall–Kier alpha value is -3.59. The highest BCUT2D eigenvalue weighted by atomic mass is 35.5. The lowest BCUT2D eigenvalue weighted by molar-refractivity contribution is -0.137. The predicted molar refractivity (Wildman–Crippen MR) is 114 cm³/mol. The third-order valence-electron chi connectivity index (χ3n) is 4.22. The number of alkyl halides is 3. The third kappa shape index (κ3) is 6.21. The van der Waals surface area contributed by atoms with Crippen molar-refractivity contribution >= 4 is 41.0 Å². The van der Waals surface area contributed by atoms with Gasteiger partial charge in [-0.2, -0.15) is 13.2 Å². The van der Waals surface area contributed by atoms with E-state index in [1.165, 1.54) is 18.3 Å². The topological polar surface area (TPSA) is 83.7 Å². The van der Waals surface area contributed by atoms with Crippen LogP contribution < -0.4 is 10.6 Å². The number of aryl methyl sites for hydroxylation is 1. The van der Waals surface area contributed by atoms with Gasteiger partial charge in [0.15, 0.2) is 0 Å². The number of aliphatic imine (C=N–C) groups is 1. The van der Waals surface area contributed by atoms with Crippen molar-refractivity contribution in [3.05, 3.63) is 82.3 Å². The standard InChI is InChI=1S/C22H17ClF3N3O3/c1-13-2-4-14(5-3-13)29-21(31)20(30)28-12-17-8-7-16(32-17)11-27-15-6-9-19(23)18(10-15)22(24,25)26/h2-11H,12H2,1H3,(H,28,30)(H,29,31). The number of anilines is 1. The van der Waals surface area contributed by atoms with E-state index in [0.29, 0.717) is 11.4 Å². The monoisotopic (exact) mass is 463 g/mol. The van der Waals surface area contributed by atoms with Gasteiger partial charge in [-0.3, -0.25) is 14.6 Å². The summed E-state index contributed by atoms with van der Waals surface area (Å²) in [7, 11) is 0. The van der Waals surface area contributed by atoms with Gasteiger partial charge in [0.1, 0.15) is 11.5 Å². The molecule has 0 aliphatic carbocycles. The van der Waals surface area contributed by atoms with Crippen molar-refractivity contribution in [3.63, 3.8) is 0 Å². The van der Waals surface area contributed by atoms with Crippen LogP contribution in [0.4, 0.5) is 24.5 Å². The third-order valence-corrected chi connectivity index (χ3v) is 4.55. The summed E-state index contributed by atoms with van der Waals surface area (Å²) >= 11 is 5.58. The Kier molecular flexibility index (Phi) is 6.99.